The fraction of sp³-hybridized carbons (Fsp3) is 0.238. The van der Waals surface area contributed by atoms with Gasteiger partial charge in [0.2, 0.25) is 11.7 Å². The summed E-state index contributed by atoms with van der Waals surface area (Å²) in [4.78, 5) is 26.8. The Kier molecular flexibility index (Phi) is 5.20. The van der Waals surface area contributed by atoms with Crippen molar-refractivity contribution in [3.05, 3.63) is 64.5 Å². The molecular formula is C21H18ClN5O2S. The van der Waals surface area contributed by atoms with Gasteiger partial charge >= 0.3 is 0 Å². The summed E-state index contributed by atoms with van der Waals surface area (Å²) < 4.78 is 5.39. The number of aromatic nitrogens is 3. The summed E-state index contributed by atoms with van der Waals surface area (Å²) in [5.41, 5.74) is 1.45. The molecule has 1 aliphatic heterocycles. The van der Waals surface area contributed by atoms with Crippen LogP contribution in [0.5, 0.6) is 0 Å². The SMILES string of the molecule is O=C(c1ccc2nc(Cl)ccc2c1)N1CCN(Cc2nc(-c3cccs3)no2)CC1. The van der Waals surface area contributed by atoms with Gasteiger partial charge in [-0.3, -0.25) is 9.69 Å². The number of thiophene rings is 1. The quantitative estimate of drug-likeness (QED) is 0.448. The average Bonchev–Trinajstić information content (AvgIpc) is 3.45. The number of pyridine rings is 1. The molecule has 4 aromatic rings. The summed E-state index contributed by atoms with van der Waals surface area (Å²) in [7, 11) is 0. The van der Waals surface area contributed by atoms with E-state index in [0.717, 1.165) is 28.9 Å². The van der Waals surface area contributed by atoms with E-state index in [1.54, 1.807) is 17.4 Å². The van der Waals surface area contributed by atoms with Crippen molar-refractivity contribution >= 4 is 39.7 Å². The van der Waals surface area contributed by atoms with Gasteiger partial charge < -0.3 is 9.42 Å². The molecule has 0 bridgehead atoms. The summed E-state index contributed by atoms with van der Waals surface area (Å²) in [6.07, 6.45) is 0. The van der Waals surface area contributed by atoms with E-state index in [0.29, 0.717) is 42.1 Å². The summed E-state index contributed by atoms with van der Waals surface area (Å²) in [6, 6.07) is 13.1. The first-order valence-electron chi connectivity index (χ1n) is 9.60. The first kappa shape index (κ1) is 19.2. The molecule has 0 N–H and O–H groups in total. The fourth-order valence-electron chi connectivity index (χ4n) is 3.54. The van der Waals surface area contributed by atoms with Crippen molar-refractivity contribution < 1.29 is 9.32 Å². The molecule has 152 valence electrons. The van der Waals surface area contributed by atoms with Crippen LogP contribution in [0.4, 0.5) is 0 Å². The van der Waals surface area contributed by atoms with Crippen molar-refractivity contribution in [2.24, 2.45) is 0 Å². The van der Waals surface area contributed by atoms with Crippen LogP contribution in [-0.2, 0) is 6.54 Å². The molecule has 4 heterocycles. The second kappa shape index (κ2) is 8.14. The summed E-state index contributed by atoms with van der Waals surface area (Å²) in [5.74, 6) is 1.25. The van der Waals surface area contributed by atoms with Gasteiger partial charge in [-0.05, 0) is 41.8 Å². The molecule has 3 aromatic heterocycles. The lowest BCUT2D eigenvalue weighted by atomic mass is 10.1. The Morgan fingerprint density at radius 3 is 2.77 bits per heavy atom. The van der Waals surface area contributed by atoms with Crippen LogP contribution in [0.1, 0.15) is 16.2 Å². The van der Waals surface area contributed by atoms with E-state index in [1.807, 2.05) is 46.7 Å². The predicted octanol–water partition coefficient (Wildman–Crippen LogP) is 3.96. The molecule has 1 aromatic carbocycles. The Labute approximate surface area is 181 Å². The summed E-state index contributed by atoms with van der Waals surface area (Å²) in [6.45, 7) is 3.41. The lowest BCUT2D eigenvalue weighted by Crippen LogP contribution is -2.48. The maximum Gasteiger partial charge on any atom is 0.253 e. The van der Waals surface area contributed by atoms with Crippen molar-refractivity contribution in [2.75, 3.05) is 26.2 Å². The number of benzene rings is 1. The standard InChI is InChI=1S/C21H18ClN5O2S/c22-18-6-4-14-12-15(3-5-16(14)23-18)21(28)27-9-7-26(8-10-27)13-19-24-20(25-29-19)17-2-1-11-30-17/h1-6,11-12H,7-10,13H2. The number of nitrogens with zero attached hydrogens (tertiary/aromatic N) is 5. The van der Waals surface area contributed by atoms with Gasteiger partial charge in [0, 0.05) is 37.1 Å². The van der Waals surface area contributed by atoms with Crippen LogP contribution in [0.25, 0.3) is 21.6 Å². The normalized spacial score (nSPS) is 15.0. The molecule has 0 saturated carbocycles. The number of fused-ring (bicyclic) bond motifs is 1. The Morgan fingerprint density at radius 2 is 1.97 bits per heavy atom. The Bertz CT molecular complexity index is 1190. The monoisotopic (exact) mass is 439 g/mol. The second-order valence-corrected chi connectivity index (χ2v) is 8.43. The highest BCUT2D eigenvalue weighted by molar-refractivity contribution is 7.13. The highest BCUT2D eigenvalue weighted by atomic mass is 35.5. The molecule has 0 atom stereocenters. The van der Waals surface area contributed by atoms with E-state index >= 15 is 0 Å². The third-order valence-electron chi connectivity index (χ3n) is 5.13. The molecule has 1 amide bonds. The highest BCUT2D eigenvalue weighted by Crippen LogP contribution is 2.22. The van der Waals surface area contributed by atoms with Gasteiger partial charge in [0.05, 0.1) is 16.9 Å². The topological polar surface area (TPSA) is 75.4 Å². The average molecular weight is 440 g/mol. The molecule has 9 heteroatoms. The Morgan fingerprint density at radius 1 is 1.10 bits per heavy atom. The van der Waals surface area contributed by atoms with E-state index in [9.17, 15) is 4.79 Å². The molecule has 5 rings (SSSR count). The first-order valence-corrected chi connectivity index (χ1v) is 10.9. The van der Waals surface area contributed by atoms with Gasteiger partial charge in [-0.2, -0.15) is 4.98 Å². The number of hydrogen-bond acceptors (Lipinski definition) is 7. The second-order valence-electron chi connectivity index (χ2n) is 7.10. The van der Waals surface area contributed by atoms with Crippen LogP contribution in [0, 0.1) is 0 Å². The molecule has 0 aliphatic carbocycles. The zero-order valence-electron chi connectivity index (χ0n) is 16.0. The van der Waals surface area contributed by atoms with Gasteiger partial charge in [0.25, 0.3) is 5.91 Å². The molecule has 0 unspecified atom stereocenters. The Hall–Kier alpha value is -2.81. The number of piperazine rings is 1. The lowest BCUT2D eigenvalue weighted by Gasteiger charge is -2.34. The maximum absolute atomic E-state index is 12.9. The molecule has 30 heavy (non-hydrogen) atoms. The van der Waals surface area contributed by atoms with Crippen molar-refractivity contribution in [1.29, 1.82) is 0 Å². The van der Waals surface area contributed by atoms with Crippen LogP contribution in [-0.4, -0.2) is 57.0 Å². The van der Waals surface area contributed by atoms with Crippen LogP contribution >= 0.6 is 22.9 Å². The number of carbonyl (C=O) groups is 1. The molecular weight excluding hydrogens is 422 g/mol. The van der Waals surface area contributed by atoms with Crippen molar-refractivity contribution in [3.63, 3.8) is 0 Å². The highest BCUT2D eigenvalue weighted by Gasteiger charge is 2.24. The van der Waals surface area contributed by atoms with Gasteiger partial charge in [-0.15, -0.1) is 11.3 Å². The molecule has 1 aliphatic rings. The van der Waals surface area contributed by atoms with Gasteiger partial charge in [0.1, 0.15) is 5.15 Å². The van der Waals surface area contributed by atoms with Crippen LogP contribution < -0.4 is 0 Å². The zero-order chi connectivity index (χ0) is 20.5. The smallest absolute Gasteiger partial charge is 0.253 e. The van der Waals surface area contributed by atoms with Crippen LogP contribution in [0.15, 0.2) is 52.4 Å². The summed E-state index contributed by atoms with van der Waals surface area (Å²) >= 11 is 7.52. The zero-order valence-corrected chi connectivity index (χ0v) is 17.6. The third kappa shape index (κ3) is 3.94. The minimum atomic E-state index is 0.0317. The van der Waals surface area contributed by atoms with Crippen molar-refractivity contribution in [3.8, 4) is 10.7 Å². The fourth-order valence-corrected chi connectivity index (χ4v) is 4.34. The number of halogens is 1. The van der Waals surface area contributed by atoms with Gasteiger partial charge in [0.15, 0.2) is 0 Å². The molecule has 1 fully saturated rings. The van der Waals surface area contributed by atoms with Crippen molar-refractivity contribution in [1.82, 2.24) is 24.9 Å². The minimum absolute atomic E-state index is 0.0317. The number of amides is 1. The van der Waals surface area contributed by atoms with E-state index in [1.165, 1.54) is 0 Å². The largest absolute Gasteiger partial charge is 0.338 e. The molecule has 0 spiro atoms. The minimum Gasteiger partial charge on any atom is -0.338 e. The molecule has 0 radical (unpaired) electrons. The van der Waals surface area contributed by atoms with E-state index in [4.69, 9.17) is 16.1 Å². The van der Waals surface area contributed by atoms with E-state index in [2.05, 4.69) is 20.0 Å². The number of hydrogen-bond donors (Lipinski definition) is 0. The molecule has 7 nitrogen and oxygen atoms in total. The predicted molar refractivity (Wildman–Crippen MR) is 116 cm³/mol. The Balaban J connectivity index is 1.20. The molecule has 1 saturated heterocycles. The number of carbonyl (C=O) groups excluding carboxylic acids is 1. The van der Waals surface area contributed by atoms with Crippen LogP contribution in [0.3, 0.4) is 0 Å². The third-order valence-corrected chi connectivity index (χ3v) is 6.21. The van der Waals surface area contributed by atoms with E-state index < -0.39 is 0 Å². The van der Waals surface area contributed by atoms with Crippen LogP contribution in [0.2, 0.25) is 5.15 Å². The number of rotatable bonds is 4. The maximum atomic E-state index is 12.9. The van der Waals surface area contributed by atoms with Gasteiger partial charge in [-0.1, -0.05) is 22.8 Å². The van der Waals surface area contributed by atoms with Crippen molar-refractivity contribution in [2.45, 2.75) is 6.54 Å². The van der Waals surface area contributed by atoms with Gasteiger partial charge in [-0.25, -0.2) is 4.98 Å². The first-order chi connectivity index (χ1) is 14.7. The lowest BCUT2D eigenvalue weighted by molar-refractivity contribution is 0.0615. The van der Waals surface area contributed by atoms with E-state index in [-0.39, 0.29) is 5.91 Å². The summed E-state index contributed by atoms with van der Waals surface area (Å²) in [5, 5.41) is 7.40.